The van der Waals surface area contributed by atoms with Gasteiger partial charge in [0.15, 0.2) is 0 Å². The number of nitrogens with zero attached hydrogens (tertiary/aromatic N) is 1. The second kappa shape index (κ2) is 7.28. The van der Waals surface area contributed by atoms with Crippen LogP contribution in [-0.4, -0.2) is 56.8 Å². The number of morpholine rings is 1. The standard InChI is InChI=1S/C15H23N3O3/c1-3-20-13-7-11(6-12(16)8-13)15(19)17-9-14-10-18(2)4-5-21-14/h6-8,14H,3-5,9-10,16H2,1-2H3,(H,17,19). The summed E-state index contributed by atoms with van der Waals surface area (Å²) in [6, 6.07) is 5.05. The molecule has 0 aliphatic carbocycles. The second-order valence-corrected chi connectivity index (χ2v) is 5.19. The van der Waals surface area contributed by atoms with Crippen LogP contribution in [0.3, 0.4) is 0 Å². The Labute approximate surface area is 125 Å². The molecule has 0 bridgehead atoms. The second-order valence-electron chi connectivity index (χ2n) is 5.19. The number of anilines is 1. The Morgan fingerprint density at radius 1 is 1.52 bits per heavy atom. The molecule has 6 nitrogen and oxygen atoms in total. The predicted molar refractivity (Wildman–Crippen MR) is 81.6 cm³/mol. The molecule has 116 valence electrons. The first kappa shape index (κ1) is 15.6. The molecule has 1 saturated heterocycles. The van der Waals surface area contributed by atoms with E-state index in [0.29, 0.717) is 36.8 Å². The number of carbonyl (C=O) groups excluding carboxylic acids is 1. The van der Waals surface area contributed by atoms with Crippen LogP contribution in [0.15, 0.2) is 18.2 Å². The number of nitrogens with one attached hydrogen (secondary N) is 1. The highest BCUT2D eigenvalue weighted by Gasteiger charge is 2.18. The van der Waals surface area contributed by atoms with Gasteiger partial charge in [-0.3, -0.25) is 4.79 Å². The van der Waals surface area contributed by atoms with Crippen molar-refractivity contribution in [3.05, 3.63) is 23.8 Å². The molecule has 1 amide bonds. The zero-order valence-corrected chi connectivity index (χ0v) is 12.6. The van der Waals surface area contributed by atoms with E-state index in [4.69, 9.17) is 15.2 Å². The van der Waals surface area contributed by atoms with Crippen LogP contribution in [0, 0.1) is 0 Å². The molecule has 2 rings (SSSR count). The third kappa shape index (κ3) is 4.61. The summed E-state index contributed by atoms with van der Waals surface area (Å²) in [5.41, 5.74) is 6.81. The minimum absolute atomic E-state index is 0.0279. The van der Waals surface area contributed by atoms with Crippen molar-refractivity contribution in [3.8, 4) is 5.75 Å². The van der Waals surface area contributed by atoms with E-state index in [0.717, 1.165) is 13.1 Å². The van der Waals surface area contributed by atoms with E-state index >= 15 is 0 Å². The van der Waals surface area contributed by atoms with Gasteiger partial charge in [-0.1, -0.05) is 0 Å². The summed E-state index contributed by atoms with van der Waals surface area (Å²) in [4.78, 5) is 14.4. The lowest BCUT2D eigenvalue weighted by molar-refractivity contribution is -0.0175. The van der Waals surface area contributed by atoms with Crippen LogP contribution < -0.4 is 15.8 Å². The van der Waals surface area contributed by atoms with Gasteiger partial charge < -0.3 is 25.4 Å². The van der Waals surface area contributed by atoms with Gasteiger partial charge in [-0.25, -0.2) is 0 Å². The molecule has 1 aromatic carbocycles. The van der Waals surface area contributed by atoms with E-state index in [2.05, 4.69) is 10.2 Å². The highest BCUT2D eigenvalue weighted by Crippen LogP contribution is 2.19. The molecule has 0 radical (unpaired) electrons. The van der Waals surface area contributed by atoms with Crippen LogP contribution in [0.2, 0.25) is 0 Å². The first-order valence-corrected chi connectivity index (χ1v) is 7.20. The van der Waals surface area contributed by atoms with Crippen LogP contribution >= 0.6 is 0 Å². The third-order valence-electron chi connectivity index (χ3n) is 3.33. The Balaban J connectivity index is 1.93. The number of likely N-dealkylation sites (N-methyl/N-ethyl adjacent to an activating group) is 1. The Hall–Kier alpha value is -1.79. The smallest absolute Gasteiger partial charge is 0.251 e. The van der Waals surface area contributed by atoms with E-state index in [1.54, 1.807) is 18.2 Å². The maximum absolute atomic E-state index is 12.2. The SMILES string of the molecule is CCOc1cc(N)cc(C(=O)NCC2CN(C)CCO2)c1. The van der Waals surface area contributed by atoms with Gasteiger partial charge in [-0.2, -0.15) is 0 Å². The topological polar surface area (TPSA) is 76.8 Å². The summed E-state index contributed by atoms with van der Waals surface area (Å²) in [7, 11) is 2.05. The normalized spacial score (nSPS) is 19.2. The molecule has 3 N–H and O–H groups in total. The van der Waals surface area contributed by atoms with Gasteiger partial charge in [0.25, 0.3) is 5.91 Å². The molecule has 1 aliphatic rings. The molecule has 0 saturated carbocycles. The van der Waals surface area contributed by atoms with Crippen molar-refractivity contribution in [1.29, 1.82) is 0 Å². The first-order chi connectivity index (χ1) is 10.1. The van der Waals surface area contributed by atoms with Crippen LogP contribution in [0.4, 0.5) is 5.69 Å². The molecular weight excluding hydrogens is 270 g/mol. The molecule has 6 heteroatoms. The largest absolute Gasteiger partial charge is 0.494 e. The summed E-state index contributed by atoms with van der Waals surface area (Å²) in [5.74, 6) is 0.441. The number of amides is 1. The fraction of sp³-hybridized carbons (Fsp3) is 0.533. The Bertz CT molecular complexity index is 493. The van der Waals surface area contributed by atoms with E-state index in [9.17, 15) is 4.79 Å². The van der Waals surface area contributed by atoms with Crippen LogP contribution in [0.25, 0.3) is 0 Å². The zero-order valence-electron chi connectivity index (χ0n) is 12.6. The van der Waals surface area contributed by atoms with Gasteiger partial charge in [0, 0.05) is 37.0 Å². The minimum Gasteiger partial charge on any atom is -0.494 e. The Kier molecular flexibility index (Phi) is 5.41. The summed E-state index contributed by atoms with van der Waals surface area (Å²) in [5, 5.41) is 2.88. The molecule has 0 spiro atoms. The van der Waals surface area contributed by atoms with E-state index < -0.39 is 0 Å². The van der Waals surface area contributed by atoms with Crippen molar-refractivity contribution in [2.75, 3.05) is 45.6 Å². The van der Waals surface area contributed by atoms with Crippen molar-refractivity contribution in [3.63, 3.8) is 0 Å². The summed E-state index contributed by atoms with van der Waals surface area (Å²) >= 11 is 0. The molecular formula is C15H23N3O3. The summed E-state index contributed by atoms with van der Waals surface area (Å²) in [6.07, 6.45) is 0.0279. The lowest BCUT2D eigenvalue weighted by atomic mass is 10.1. The van der Waals surface area contributed by atoms with Gasteiger partial charge in [0.1, 0.15) is 5.75 Å². The van der Waals surface area contributed by atoms with E-state index in [1.807, 2.05) is 14.0 Å². The van der Waals surface area contributed by atoms with E-state index in [1.165, 1.54) is 0 Å². The van der Waals surface area contributed by atoms with Crippen molar-refractivity contribution < 1.29 is 14.3 Å². The number of rotatable bonds is 5. The maximum Gasteiger partial charge on any atom is 0.251 e. The number of ether oxygens (including phenoxy) is 2. The number of hydrogen-bond donors (Lipinski definition) is 2. The number of carbonyl (C=O) groups is 1. The number of hydrogen-bond acceptors (Lipinski definition) is 5. The van der Waals surface area contributed by atoms with Crippen LogP contribution in [0.5, 0.6) is 5.75 Å². The van der Waals surface area contributed by atoms with Crippen molar-refractivity contribution in [2.24, 2.45) is 0 Å². The van der Waals surface area contributed by atoms with Gasteiger partial charge >= 0.3 is 0 Å². The van der Waals surface area contributed by atoms with Crippen molar-refractivity contribution in [2.45, 2.75) is 13.0 Å². The zero-order chi connectivity index (χ0) is 15.2. The Morgan fingerprint density at radius 2 is 2.33 bits per heavy atom. The number of benzene rings is 1. The molecule has 1 unspecified atom stereocenters. The first-order valence-electron chi connectivity index (χ1n) is 7.20. The van der Waals surface area contributed by atoms with Crippen LogP contribution in [-0.2, 0) is 4.74 Å². The highest BCUT2D eigenvalue weighted by atomic mass is 16.5. The number of nitrogens with two attached hydrogens (primary N) is 1. The molecule has 0 aromatic heterocycles. The average molecular weight is 293 g/mol. The van der Waals surface area contributed by atoms with Gasteiger partial charge in [-0.15, -0.1) is 0 Å². The lowest BCUT2D eigenvalue weighted by Gasteiger charge is -2.30. The van der Waals surface area contributed by atoms with Gasteiger partial charge in [0.2, 0.25) is 0 Å². The third-order valence-corrected chi connectivity index (χ3v) is 3.33. The molecule has 1 aliphatic heterocycles. The summed E-state index contributed by atoms with van der Waals surface area (Å²) < 4.78 is 11.0. The number of nitrogen functional groups attached to an aromatic ring is 1. The molecule has 21 heavy (non-hydrogen) atoms. The maximum atomic E-state index is 12.2. The minimum atomic E-state index is -0.167. The summed E-state index contributed by atoms with van der Waals surface area (Å²) in [6.45, 7) is 5.36. The molecule has 1 atom stereocenters. The van der Waals surface area contributed by atoms with Gasteiger partial charge in [0.05, 0.1) is 19.3 Å². The average Bonchev–Trinajstić information content (AvgIpc) is 2.44. The molecule has 1 fully saturated rings. The monoisotopic (exact) mass is 293 g/mol. The van der Waals surface area contributed by atoms with Crippen molar-refractivity contribution in [1.82, 2.24) is 10.2 Å². The Morgan fingerprint density at radius 3 is 3.05 bits per heavy atom. The molecule has 1 aromatic rings. The van der Waals surface area contributed by atoms with Gasteiger partial charge in [-0.05, 0) is 26.1 Å². The van der Waals surface area contributed by atoms with Crippen LogP contribution in [0.1, 0.15) is 17.3 Å². The molecule has 1 heterocycles. The van der Waals surface area contributed by atoms with E-state index in [-0.39, 0.29) is 12.0 Å². The lowest BCUT2D eigenvalue weighted by Crippen LogP contribution is -2.45. The fourth-order valence-corrected chi connectivity index (χ4v) is 2.30. The highest BCUT2D eigenvalue weighted by molar-refractivity contribution is 5.95. The van der Waals surface area contributed by atoms with Crippen molar-refractivity contribution >= 4 is 11.6 Å². The predicted octanol–water partition coefficient (Wildman–Crippen LogP) is 0.728. The fourth-order valence-electron chi connectivity index (χ4n) is 2.30. The quantitative estimate of drug-likeness (QED) is 0.783.